The summed E-state index contributed by atoms with van der Waals surface area (Å²) < 4.78 is 11.5. The molecule has 0 aliphatic carbocycles. The topological polar surface area (TPSA) is 129 Å². The van der Waals surface area contributed by atoms with Crippen molar-refractivity contribution in [1.82, 2.24) is 40.8 Å². The lowest BCUT2D eigenvalue weighted by Crippen LogP contribution is -2.10. The van der Waals surface area contributed by atoms with Crippen LogP contribution in [-0.2, 0) is 10.8 Å². The summed E-state index contributed by atoms with van der Waals surface area (Å²) in [6.07, 6.45) is 0. The van der Waals surface area contributed by atoms with Crippen molar-refractivity contribution >= 4 is 0 Å². The number of benzene rings is 2. The fraction of sp³-hybridized carbons (Fsp3) is 0.308. The van der Waals surface area contributed by atoms with E-state index in [4.69, 9.17) is 8.83 Å². The Balaban J connectivity index is 1.32. The average Bonchev–Trinajstić information content (AvgIpc) is 3.54. The average molecular weight is 483 g/mol. The van der Waals surface area contributed by atoms with Crippen LogP contribution in [0, 0.1) is 0 Å². The van der Waals surface area contributed by atoms with Crippen LogP contribution in [0.1, 0.15) is 52.7 Å². The molecule has 0 radical (unpaired) electrons. The summed E-state index contributed by atoms with van der Waals surface area (Å²) in [6, 6.07) is 16.0. The Kier molecular flexibility index (Phi) is 5.66. The summed E-state index contributed by atoms with van der Waals surface area (Å²) in [7, 11) is 0. The zero-order valence-corrected chi connectivity index (χ0v) is 21.0. The predicted molar refractivity (Wildman–Crippen MR) is 132 cm³/mol. The fourth-order valence-electron chi connectivity index (χ4n) is 3.49. The molecule has 0 spiro atoms. The summed E-state index contributed by atoms with van der Waals surface area (Å²) in [5.74, 6) is 1.14. The molecule has 3 heterocycles. The highest BCUT2D eigenvalue weighted by atomic mass is 16.4. The molecule has 182 valence electrons. The zero-order chi connectivity index (χ0) is 25.5. The summed E-state index contributed by atoms with van der Waals surface area (Å²) >= 11 is 0. The highest BCUT2D eigenvalue weighted by Gasteiger charge is 2.19. The van der Waals surface area contributed by atoms with Gasteiger partial charge in [0.2, 0.25) is 11.8 Å². The Labute approximate surface area is 208 Å². The third kappa shape index (κ3) is 4.74. The van der Waals surface area contributed by atoms with Gasteiger partial charge in [0, 0.05) is 11.1 Å². The molecule has 0 fully saturated rings. The molecule has 10 heteroatoms. The molecule has 10 nitrogen and oxygen atoms in total. The first-order valence-corrected chi connectivity index (χ1v) is 11.5. The summed E-state index contributed by atoms with van der Waals surface area (Å²) in [4.78, 5) is 0. The van der Waals surface area contributed by atoms with Crippen LogP contribution in [0.4, 0.5) is 0 Å². The van der Waals surface area contributed by atoms with E-state index in [2.05, 4.69) is 82.3 Å². The van der Waals surface area contributed by atoms with Crippen LogP contribution >= 0.6 is 0 Å². The molecule has 0 unspecified atom stereocenters. The largest absolute Gasteiger partial charge is 0.413 e. The Morgan fingerprint density at radius 3 is 1.03 bits per heavy atom. The Bertz CT molecular complexity index is 1360. The Morgan fingerprint density at radius 1 is 0.417 bits per heavy atom. The molecule has 0 saturated carbocycles. The fourth-order valence-corrected chi connectivity index (χ4v) is 3.49. The number of hydrogen-bond donors (Lipinski definition) is 0. The summed E-state index contributed by atoms with van der Waals surface area (Å²) in [5, 5.41) is 32.5. The van der Waals surface area contributed by atoms with Crippen LogP contribution in [0.15, 0.2) is 57.4 Å². The normalized spacial score (nSPS) is 12.2. The molecule has 5 rings (SSSR count). The van der Waals surface area contributed by atoms with E-state index in [1.807, 2.05) is 48.5 Å². The van der Waals surface area contributed by atoms with Crippen molar-refractivity contribution in [1.29, 1.82) is 0 Å². The van der Waals surface area contributed by atoms with E-state index in [-0.39, 0.29) is 34.3 Å². The van der Waals surface area contributed by atoms with Gasteiger partial charge in [-0.2, -0.15) is 0 Å². The van der Waals surface area contributed by atoms with Gasteiger partial charge in [-0.05, 0) is 46.2 Å². The van der Waals surface area contributed by atoms with Crippen LogP contribution in [-0.4, -0.2) is 40.8 Å². The van der Waals surface area contributed by atoms with Gasteiger partial charge in [0.05, 0.1) is 0 Å². The SMILES string of the molecule is CC(C)(C)c1ccc(-c2nnc(-c3nnc(-c4nnc(-c5ccc(C(C)(C)C)cc5)o4)nn3)o2)cc1. The van der Waals surface area contributed by atoms with Crippen molar-refractivity contribution in [2.24, 2.45) is 0 Å². The number of rotatable bonds is 4. The molecule has 0 amide bonds. The first kappa shape index (κ1) is 23.4. The lowest BCUT2D eigenvalue weighted by Gasteiger charge is -2.18. The molecule has 0 aliphatic rings. The lowest BCUT2D eigenvalue weighted by molar-refractivity contribution is 0.565. The van der Waals surface area contributed by atoms with Crippen molar-refractivity contribution < 1.29 is 8.83 Å². The van der Waals surface area contributed by atoms with Gasteiger partial charge in [-0.1, -0.05) is 65.8 Å². The van der Waals surface area contributed by atoms with Crippen molar-refractivity contribution in [3.05, 3.63) is 59.7 Å². The maximum atomic E-state index is 5.74. The molecule has 0 atom stereocenters. The van der Waals surface area contributed by atoms with E-state index in [1.54, 1.807) is 0 Å². The third-order valence-electron chi connectivity index (χ3n) is 5.71. The van der Waals surface area contributed by atoms with Crippen LogP contribution in [0.2, 0.25) is 0 Å². The predicted octanol–water partition coefficient (Wildman–Crippen LogP) is 5.30. The van der Waals surface area contributed by atoms with Gasteiger partial charge in [0.15, 0.2) is 0 Å². The highest BCUT2D eigenvalue weighted by Crippen LogP contribution is 2.28. The first-order chi connectivity index (χ1) is 17.1. The van der Waals surface area contributed by atoms with E-state index in [0.717, 1.165) is 11.1 Å². The molecule has 0 aliphatic heterocycles. The minimum atomic E-state index is 0.0570. The van der Waals surface area contributed by atoms with Gasteiger partial charge in [0.25, 0.3) is 23.4 Å². The minimum Gasteiger partial charge on any atom is -0.413 e. The summed E-state index contributed by atoms with van der Waals surface area (Å²) in [5.41, 5.74) is 4.14. The van der Waals surface area contributed by atoms with Gasteiger partial charge < -0.3 is 8.83 Å². The molecular formula is C26H26N8O2. The van der Waals surface area contributed by atoms with Gasteiger partial charge in [-0.3, -0.25) is 0 Å². The maximum absolute atomic E-state index is 5.74. The Morgan fingerprint density at radius 2 is 0.722 bits per heavy atom. The second-order valence-corrected chi connectivity index (χ2v) is 10.5. The zero-order valence-electron chi connectivity index (χ0n) is 21.0. The highest BCUT2D eigenvalue weighted by molar-refractivity contribution is 5.56. The Hall–Kier alpha value is -4.34. The standard InChI is InChI=1S/C26H26N8O2/c1-25(2,3)17-11-7-15(8-12-17)21-31-33-23(35-21)19-27-29-20(30-28-19)24-34-32-22(36-24)16-9-13-18(14-10-16)26(4,5)6/h7-14H,1-6H3. The smallest absolute Gasteiger partial charge is 0.289 e. The molecule has 5 aromatic rings. The van der Waals surface area contributed by atoms with Crippen LogP contribution in [0.5, 0.6) is 0 Å². The van der Waals surface area contributed by atoms with Crippen molar-refractivity contribution in [2.45, 2.75) is 52.4 Å². The number of nitrogens with zero attached hydrogens (tertiary/aromatic N) is 8. The van der Waals surface area contributed by atoms with Crippen LogP contribution in [0.25, 0.3) is 46.3 Å². The van der Waals surface area contributed by atoms with E-state index < -0.39 is 0 Å². The van der Waals surface area contributed by atoms with Gasteiger partial charge in [-0.15, -0.1) is 40.8 Å². The van der Waals surface area contributed by atoms with E-state index in [0.29, 0.717) is 11.8 Å². The number of aromatic nitrogens is 8. The van der Waals surface area contributed by atoms with Gasteiger partial charge in [-0.25, -0.2) is 0 Å². The summed E-state index contributed by atoms with van der Waals surface area (Å²) in [6.45, 7) is 13.0. The van der Waals surface area contributed by atoms with Crippen molar-refractivity contribution in [3.8, 4) is 46.3 Å². The molecule has 0 bridgehead atoms. The molecule has 0 saturated heterocycles. The quantitative estimate of drug-likeness (QED) is 0.333. The van der Waals surface area contributed by atoms with Gasteiger partial charge in [0.1, 0.15) is 0 Å². The third-order valence-corrected chi connectivity index (χ3v) is 5.71. The maximum Gasteiger partial charge on any atom is 0.289 e. The van der Waals surface area contributed by atoms with E-state index in [1.165, 1.54) is 11.1 Å². The van der Waals surface area contributed by atoms with E-state index >= 15 is 0 Å². The van der Waals surface area contributed by atoms with Crippen LogP contribution < -0.4 is 0 Å². The molecule has 2 aromatic carbocycles. The second-order valence-electron chi connectivity index (χ2n) is 10.5. The van der Waals surface area contributed by atoms with Crippen molar-refractivity contribution in [2.75, 3.05) is 0 Å². The van der Waals surface area contributed by atoms with Crippen LogP contribution in [0.3, 0.4) is 0 Å². The minimum absolute atomic E-state index is 0.0570. The second kappa shape index (κ2) is 8.71. The molecule has 0 N–H and O–H groups in total. The number of hydrogen-bond acceptors (Lipinski definition) is 10. The lowest BCUT2D eigenvalue weighted by atomic mass is 9.87. The molecule has 36 heavy (non-hydrogen) atoms. The first-order valence-electron chi connectivity index (χ1n) is 11.5. The monoisotopic (exact) mass is 482 g/mol. The van der Waals surface area contributed by atoms with Crippen molar-refractivity contribution in [3.63, 3.8) is 0 Å². The molecular weight excluding hydrogens is 456 g/mol. The van der Waals surface area contributed by atoms with E-state index in [9.17, 15) is 0 Å². The van der Waals surface area contributed by atoms with Gasteiger partial charge >= 0.3 is 0 Å². The molecule has 3 aromatic heterocycles.